The third-order valence-electron chi connectivity index (χ3n) is 3.26. The smallest absolute Gasteiger partial charge is 0.142 e. The van der Waals surface area contributed by atoms with E-state index in [4.69, 9.17) is 9.47 Å². The van der Waals surface area contributed by atoms with Crippen LogP contribution in [0.3, 0.4) is 0 Å². The molecule has 0 saturated carbocycles. The second-order valence-electron chi connectivity index (χ2n) is 4.87. The van der Waals surface area contributed by atoms with Crippen LogP contribution >= 0.6 is 11.8 Å². The Hall–Kier alpha value is -0.870. The van der Waals surface area contributed by atoms with Gasteiger partial charge in [0.05, 0.1) is 12.3 Å². The lowest BCUT2D eigenvalue weighted by atomic mass is 10.1. The minimum absolute atomic E-state index is 0.578. The van der Waals surface area contributed by atoms with E-state index in [-0.39, 0.29) is 0 Å². The van der Waals surface area contributed by atoms with Gasteiger partial charge in [-0.25, -0.2) is 0 Å². The number of anilines is 1. The number of hydrogen-bond acceptors (Lipinski definition) is 4. The molecule has 1 aliphatic heterocycles. The predicted molar refractivity (Wildman–Crippen MR) is 82.5 cm³/mol. The fourth-order valence-corrected chi connectivity index (χ4v) is 3.27. The molecule has 1 aliphatic rings. The van der Waals surface area contributed by atoms with E-state index < -0.39 is 0 Å². The van der Waals surface area contributed by atoms with Crippen molar-refractivity contribution in [2.45, 2.75) is 25.8 Å². The first kappa shape index (κ1) is 14.5. The first-order chi connectivity index (χ1) is 9.29. The Balaban J connectivity index is 2.00. The molecule has 4 heteroatoms. The molecule has 1 aromatic rings. The summed E-state index contributed by atoms with van der Waals surface area (Å²) < 4.78 is 10.8. The average Bonchev–Trinajstić information content (AvgIpc) is 2.43. The van der Waals surface area contributed by atoms with Gasteiger partial charge in [0.25, 0.3) is 0 Å². The fraction of sp³-hybridized carbons (Fsp3) is 0.600. The molecule has 0 atom stereocenters. The Morgan fingerprint density at radius 1 is 1.26 bits per heavy atom. The van der Waals surface area contributed by atoms with Crippen LogP contribution in [0.1, 0.15) is 18.4 Å². The maximum Gasteiger partial charge on any atom is 0.142 e. The van der Waals surface area contributed by atoms with Crippen molar-refractivity contribution in [3.05, 3.63) is 23.8 Å². The Morgan fingerprint density at radius 2 is 2.05 bits per heavy atom. The minimum atomic E-state index is 0.578. The van der Waals surface area contributed by atoms with Gasteiger partial charge >= 0.3 is 0 Å². The van der Waals surface area contributed by atoms with E-state index in [1.54, 1.807) is 7.11 Å². The van der Waals surface area contributed by atoms with Crippen molar-refractivity contribution in [3.63, 3.8) is 0 Å². The van der Waals surface area contributed by atoms with Crippen LogP contribution in [0.4, 0.5) is 5.69 Å². The van der Waals surface area contributed by atoms with Gasteiger partial charge in [0.1, 0.15) is 12.4 Å². The van der Waals surface area contributed by atoms with Gasteiger partial charge in [-0.1, -0.05) is 6.07 Å². The molecule has 2 rings (SSSR count). The standard InChI is InChI=1S/C15H23NO2S/c1-12-3-4-14(15(11-12)18-8-7-17-2)16-13-5-9-19-10-6-13/h3-4,11,13,16H,5-10H2,1-2H3. The van der Waals surface area contributed by atoms with E-state index in [2.05, 4.69) is 30.4 Å². The van der Waals surface area contributed by atoms with E-state index in [1.165, 1.54) is 29.9 Å². The number of aryl methyl sites for hydroxylation is 1. The first-order valence-corrected chi connectivity index (χ1v) is 8.01. The van der Waals surface area contributed by atoms with Crippen molar-refractivity contribution in [3.8, 4) is 5.75 Å². The van der Waals surface area contributed by atoms with E-state index >= 15 is 0 Å². The van der Waals surface area contributed by atoms with Crippen molar-refractivity contribution in [1.29, 1.82) is 0 Å². The van der Waals surface area contributed by atoms with Crippen LogP contribution in [0.25, 0.3) is 0 Å². The molecule has 1 saturated heterocycles. The molecule has 0 unspecified atom stereocenters. The summed E-state index contributed by atoms with van der Waals surface area (Å²) in [7, 11) is 1.69. The van der Waals surface area contributed by atoms with Crippen molar-refractivity contribution >= 4 is 17.4 Å². The van der Waals surface area contributed by atoms with Crippen LogP contribution in [0.5, 0.6) is 5.75 Å². The largest absolute Gasteiger partial charge is 0.489 e. The molecule has 1 heterocycles. The molecule has 0 bridgehead atoms. The summed E-state index contributed by atoms with van der Waals surface area (Å²) in [6.45, 7) is 3.30. The molecule has 0 radical (unpaired) electrons. The van der Waals surface area contributed by atoms with Crippen molar-refractivity contribution in [2.24, 2.45) is 0 Å². The van der Waals surface area contributed by atoms with Gasteiger partial charge in [0.2, 0.25) is 0 Å². The minimum Gasteiger partial charge on any atom is -0.489 e. The molecule has 0 aliphatic carbocycles. The van der Waals surface area contributed by atoms with Gasteiger partial charge in [-0.05, 0) is 49.0 Å². The maximum absolute atomic E-state index is 5.81. The molecule has 3 nitrogen and oxygen atoms in total. The zero-order chi connectivity index (χ0) is 13.5. The number of ether oxygens (including phenoxy) is 2. The molecule has 1 fully saturated rings. The number of thioether (sulfide) groups is 1. The second-order valence-corrected chi connectivity index (χ2v) is 6.10. The highest BCUT2D eigenvalue weighted by molar-refractivity contribution is 7.99. The summed E-state index contributed by atoms with van der Waals surface area (Å²) in [4.78, 5) is 0. The maximum atomic E-state index is 5.81. The SMILES string of the molecule is COCCOc1cc(C)ccc1NC1CCSCC1. The van der Waals surface area contributed by atoms with Gasteiger partial charge in [-0.2, -0.15) is 11.8 Å². The number of nitrogens with one attached hydrogen (secondary N) is 1. The first-order valence-electron chi connectivity index (χ1n) is 6.86. The number of methoxy groups -OCH3 is 1. The number of hydrogen-bond donors (Lipinski definition) is 1. The Bertz CT molecular complexity index is 392. The molecular formula is C15H23NO2S. The van der Waals surface area contributed by atoms with Crippen LogP contribution < -0.4 is 10.1 Å². The molecule has 0 amide bonds. The second kappa shape index (κ2) is 7.65. The third-order valence-corrected chi connectivity index (χ3v) is 4.31. The normalized spacial score (nSPS) is 16.3. The van der Waals surface area contributed by atoms with E-state index in [1.807, 2.05) is 11.8 Å². The van der Waals surface area contributed by atoms with E-state index in [0.29, 0.717) is 19.3 Å². The summed E-state index contributed by atoms with van der Waals surface area (Å²) >= 11 is 2.04. The molecule has 19 heavy (non-hydrogen) atoms. The van der Waals surface area contributed by atoms with E-state index in [0.717, 1.165) is 11.4 Å². The highest BCUT2D eigenvalue weighted by Gasteiger charge is 2.15. The number of benzene rings is 1. The summed E-state index contributed by atoms with van der Waals surface area (Å²) in [6, 6.07) is 6.92. The van der Waals surface area contributed by atoms with Crippen LogP contribution in [0, 0.1) is 6.92 Å². The lowest BCUT2D eigenvalue weighted by Gasteiger charge is -2.25. The van der Waals surface area contributed by atoms with Gasteiger partial charge in [-0.3, -0.25) is 0 Å². The summed E-state index contributed by atoms with van der Waals surface area (Å²) in [5.74, 6) is 3.45. The average molecular weight is 281 g/mol. The lowest BCUT2D eigenvalue weighted by molar-refractivity contribution is 0.146. The van der Waals surface area contributed by atoms with Crippen molar-refractivity contribution in [2.75, 3.05) is 37.1 Å². The van der Waals surface area contributed by atoms with Crippen LogP contribution in [0.15, 0.2) is 18.2 Å². The number of rotatable bonds is 6. The zero-order valence-corrected chi connectivity index (χ0v) is 12.6. The molecule has 1 aromatic carbocycles. The summed E-state index contributed by atoms with van der Waals surface area (Å²) in [5.41, 5.74) is 2.33. The fourth-order valence-electron chi connectivity index (χ4n) is 2.17. The van der Waals surface area contributed by atoms with Crippen molar-refractivity contribution < 1.29 is 9.47 Å². The Labute approximate surface area is 120 Å². The molecule has 1 N–H and O–H groups in total. The monoisotopic (exact) mass is 281 g/mol. The quantitative estimate of drug-likeness (QED) is 0.810. The van der Waals surface area contributed by atoms with Crippen LogP contribution in [-0.2, 0) is 4.74 Å². The highest BCUT2D eigenvalue weighted by atomic mass is 32.2. The highest BCUT2D eigenvalue weighted by Crippen LogP contribution is 2.29. The van der Waals surface area contributed by atoms with Crippen LogP contribution in [-0.4, -0.2) is 37.9 Å². The molecular weight excluding hydrogens is 258 g/mol. The van der Waals surface area contributed by atoms with E-state index in [9.17, 15) is 0 Å². The van der Waals surface area contributed by atoms with Gasteiger partial charge in [0, 0.05) is 13.2 Å². The topological polar surface area (TPSA) is 30.5 Å². The van der Waals surface area contributed by atoms with Crippen molar-refractivity contribution in [1.82, 2.24) is 0 Å². The lowest BCUT2D eigenvalue weighted by Crippen LogP contribution is -2.24. The van der Waals surface area contributed by atoms with Gasteiger partial charge < -0.3 is 14.8 Å². The molecule has 0 aromatic heterocycles. The van der Waals surface area contributed by atoms with Gasteiger partial charge in [-0.15, -0.1) is 0 Å². The Morgan fingerprint density at radius 3 is 2.79 bits per heavy atom. The summed E-state index contributed by atoms with van der Waals surface area (Å²) in [5, 5.41) is 3.62. The molecule has 106 valence electrons. The predicted octanol–water partition coefficient (Wildman–Crippen LogP) is 3.33. The molecule has 0 spiro atoms. The zero-order valence-electron chi connectivity index (χ0n) is 11.8. The summed E-state index contributed by atoms with van der Waals surface area (Å²) in [6.07, 6.45) is 2.46. The van der Waals surface area contributed by atoms with Gasteiger partial charge in [0.15, 0.2) is 0 Å². The van der Waals surface area contributed by atoms with Crippen LogP contribution in [0.2, 0.25) is 0 Å². The Kier molecular flexibility index (Phi) is 5.86. The third kappa shape index (κ3) is 4.62.